The summed E-state index contributed by atoms with van der Waals surface area (Å²) in [4.78, 5) is 6.68. The number of hydrogen-bond donors (Lipinski definition) is 1. The largest absolute Gasteiger partial charge is 0.494 e. The number of nitrogens with zero attached hydrogens (tertiary/aromatic N) is 2. The van der Waals surface area contributed by atoms with Gasteiger partial charge in [-0.3, -0.25) is 4.98 Å². The van der Waals surface area contributed by atoms with E-state index in [4.69, 9.17) is 33.0 Å². The number of anilines is 1. The van der Waals surface area contributed by atoms with Crippen molar-refractivity contribution in [3.05, 3.63) is 101 Å². The van der Waals surface area contributed by atoms with Gasteiger partial charge in [-0.2, -0.15) is 0 Å². The van der Waals surface area contributed by atoms with Gasteiger partial charge >= 0.3 is 0 Å². The van der Waals surface area contributed by atoms with Crippen molar-refractivity contribution in [2.45, 2.75) is 25.9 Å². The highest BCUT2D eigenvalue weighted by atomic mass is 35.5. The van der Waals surface area contributed by atoms with Crippen LogP contribution in [0.2, 0.25) is 5.02 Å². The molecule has 0 saturated carbocycles. The zero-order valence-electron chi connectivity index (χ0n) is 18.9. The summed E-state index contributed by atoms with van der Waals surface area (Å²) in [7, 11) is 0. The summed E-state index contributed by atoms with van der Waals surface area (Å²) >= 11 is 12.2. The first-order valence-corrected chi connectivity index (χ1v) is 11.9. The predicted octanol–water partition coefficient (Wildman–Crippen LogP) is 6.88. The molecule has 2 atom stereocenters. The van der Waals surface area contributed by atoms with Crippen LogP contribution in [-0.2, 0) is 0 Å². The number of furan rings is 1. The third kappa shape index (κ3) is 4.15. The average molecular weight is 490 g/mol. The lowest BCUT2D eigenvalue weighted by Crippen LogP contribution is -2.29. The molecule has 0 aliphatic carbocycles. The molecule has 0 spiro atoms. The van der Waals surface area contributed by atoms with E-state index in [0.29, 0.717) is 16.7 Å². The molecule has 2 aromatic carbocycles. The van der Waals surface area contributed by atoms with Crippen molar-refractivity contribution >= 4 is 34.6 Å². The summed E-state index contributed by atoms with van der Waals surface area (Å²) in [6, 6.07) is 23.2. The van der Waals surface area contributed by atoms with Gasteiger partial charge in [-0.15, -0.1) is 0 Å². The molecule has 1 saturated heterocycles. The Labute approximate surface area is 209 Å². The van der Waals surface area contributed by atoms with E-state index in [1.54, 1.807) is 6.20 Å². The van der Waals surface area contributed by atoms with E-state index in [1.807, 2.05) is 86.6 Å². The van der Waals surface area contributed by atoms with Crippen LogP contribution in [0.4, 0.5) is 5.69 Å². The van der Waals surface area contributed by atoms with E-state index >= 15 is 0 Å². The smallest absolute Gasteiger partial charge is 0.174 e. The Balaban J connectivity index is 1.58. The summed E-state index contributed by atoms with van der Waals surface area (Å²) in [5.41, 5.74) is 3.78. The fourth-order valence-electron chi connectivity index (χ4n) is 4.32. The molecule has 172 valence electrons. The van der Waals surface area contributed by atoms with Gasteiger partial charge in [-0.05, 0) is 86.2 Å². The normalized spacial score (nSPS) is 17.6. The number of hydrogen-bond acceptors (Lipinski definition) is 4. The maximum Gasteiger partial charge on any atom is 0.174 e. The summed E-state index contributed by atoms with van der Waals surface area (Å²) in [5, 5.41) is 4.78. The van der Waals surface area contributed by atoms with E-state index < -0.39 is 0 Å². The number of halogens is 1. The quantitative estimate of drug-likeness (QED) is 0.298. The Kier molecular flexibility index (Phi) is 6.26. The standard InChI is InChI=1S/C27H24ClN3O2S/c1-3-32-19-12-10-18(11-13-19)31-26(25(30-27(31)34)22-9-4-5-16-29-22)24-15-14-23(33-24)20-7-6-8-21(28)17(20)2/h4-16,25-26H,3H2,1-2H3,(H,30,34). The molecule has 1 aliphatic heterocycles. The minimum Gasteiger partial charge on any atom is -0.494 e. The number of pyridine rings is 1. The van der Waals surface area contributed by atoms with Crippen LogP contribution >= 0.6 is 23.8 Å². The zero-order valence-corrected chi connectivity index (χ0v) is 20.4. The van der Waals surface area contributed by atoms with Gasteiger partial charge in [0.05, 0.1) is 18.3 Å². The summed E-state index contributed by atoms with van der Waals surface area (Å²) in [6.45, 7) is 4.58. The lowest BCUT2D eigenvalue weighted by molar-refractivity contribution is 0.340. The molecule has 34 heavy (non-hydrogen) atoms. The van der Waals surface area contributed by atoms with Crippen LogP contribution < -0.4 is 15.0 Å². The highest BCUT2D eigenvalue weighted by Crippen LogP contribution is 2.43. The van der Waals surface area contributed by atoms with Crippen LogP contribution in [0.25, 0.3) is 11.3 Å². The maximum atomic E-state index is 6.45. The molecule has 0 bridgehead atoms. The van der Waals surface area contributed by atoms with Crippen molar-refractivity contribution in [1.29, 1.82) is 0 Å². The third-order valence-corrected chi connectivity index (χ3v) is 6.70. The molecule has 5 rings (SSSR count). The molecule has 7 heteroatoms. The molecule has 4 aromatic rings. The maximum absolute atomic E-state index is 6.45. The van der Waals surface area contributed by atoms with Crippen LogP contribution in [0, 0.1) is 6.92 Å². The summed E-state index contributed by atoms with van der Waals surface area (Å²) in [5.74, 6) is 2.37. The fraction of sp³-hybridized carbons (Fsp3) is 0.185. The molecule has 5 nitrogen and oxygen atoms in total. The minimum absolute atomic E-state index is 0.181. The van der Waals surface area contributed by atoms with E-state index in [2.05, 4.69) is 15.2 Å². The molecule has 1 fully saturated rings. The highest BCUT2D eigenvalue weighted by Gasteiger charge is 2.42. The van der Waals surface area contributed by atoms with E-state index in [0.717, 1.165) is 39.8 Å². The first kappa shape index (κ1) is 22.4. The number of aromatic nitrogens is 1. The number of thiocarbonyl (C=S) groups is 1. The summed E-state index contributed by atoms with van der Waals surface area (Å²) in [6.07, 6.45) is 1.79. The molecule has 2 aromatic heterocycles. The molecule has 1 N–H and O–H groups in total. The highest BCUT2D eigenvalue weighted by molar-refractivity contribution is 7.80. The Bertz CT molecular complexity index is 1310. The van der Waals surface area contributed by atoms with Gasteiger partial charge in [-0.25, -0.2) is 0 Å². The Morgan fingerprint density at radius 3 is 2.62 bits per heavy atom. The zero-order chi connectivity index (χ0) is 23.7. The number of rotatable bonds is 6. The van der Waals surface area contributed by atoms with Gasteiger partial charge in [0.25, 0.3) is 0 Å². The topological polar surface area (TPSA) is 50.5 Å². The van der Waals surface area contributed by atoms with Gasteiger partial charge in [0.15, 0.2) is 5.11 Å². The van der Waals surface area contributed by atoms with Crippen molar-refractivity contribution in [2.24, 2.45) is 0 Å². The fourth-order valence-corrected chi connectivity index (χ4v) is 4.84. The van der Waals surface area contributed by atoms with Crippen LogP contribution in [-0.4, -0.2) is 16.7 Å². The average Bonchev–Trinajstić information content (AvgIpc) is 3.47. The van der Waals surface area contributed by atoms with E-state index in [-0.39, 0.29) is 12.1 Å². The van der Waals surface area contributed by atoms with Crippen molar-refractivity contribution in [1.82, 2.24) is 10.3 Å². The van der Waals surface area contributed by atoms with Crippen LogP contribution in [0.1, 0.15) is 36.0 Å². The van der Waals surface area contributed by atoms with Crippen molar-refractivity contribution < 1.29 is 9.15 Å². The monoisotopic (exact) mass is 489 g/mol. The molecule has 0 amide bonds. The van der Waals surface area contributed by atoms with Crippen LogP contribution in [0.15, 0.2) is 83.4 Å². The number of ether oxygens (including phenoxy) is 1. The molecule has 0 radical (unpaired) electrons. The van der Waals surface area contributed by atoms with Crippen molar-refractivity contribution in [2.75, 3.05) is 11.5 Å². The van der Waals surface area contributed by atoms with E-state index in [1.165, 1.54) is 0 Å². The number of benzene rings is 2. The van der Waals surface area contributed by atoms with Crippen LogP contribution in [0.3, 0.4) is 0 Å². The SMILES string of the molecule is CCOc1ccc(N2C(=S)NC(c3ccccn3)C2c2ccc(-c3cccc(Cl)c3C)o2)cc1. The van der Waals surface area contributed by atoms with Gasteiger partial charge in [0.1, 0.15) is 23.3 Å². The summed E-state index contributed by atoms with van der Waals surface area (Å²) < 4.78 is 12.1. The lowest BCUT2D eigenvalue weighted by atomic mass is 10.0. The third-order valence-electron chi connectivity index (χ3n) is 5.98. The Morgan fingerprint density at radius 2 is 1.88 bits per heavy atom. The van der Waals surface area contributed by atoms with Crippen LogP contribution in [0.5, 0.6) is 5.75 Å². The first-order chi connectivity index (χ1) is 16.6. The Hall–Kier alpha value is -3.35. The van der Waals surface area contributed by atoms with Gasteiger partial charge < -0.3 is 19.4 Å². The molecular weight excluding hydrogens is 466 g/mol. The minimum atomic E-state index is -0.228. The second-order valence-corrected chi connectivity index (χ2v) is 8.83. The lowest BCUT2D eigenvalue weighted by Gasteiger charge is -2.26. The molecule has 3 heterocycles. The predicted molar refractivity (Wildman–Crippen MR) is 139 cm³/mol. The number of nitrogens with one attached hydrogen (secondary N) is 1. The second kappa shape index (κ2) is 9.49. The molecular formula is C27H24ClN3O2S. The Morgan fingerprint density at radius 1 is 1.06 bits per heavy atom. The van der Waals surface area contributed by atoms with Gasteiger partial charge in [0, 0.05) is 22.5 Å². The van der Waals surface area contributed by atoms with E-state index in [9.17, 15) is 0 Å². The second-order valence-electron chi connectivity index (χ2n) is 8.04. The first-order valence-electron chi connectivity index (χ1n) is 11.2. The van der Waals surface area contributed by atoms with Gasteiger partial charge in [-0.1, -0.05) is 29.8 Å². The van der Waals surface area contributed by atoms with Crippen molar-refractivity contribution in [3.8, 4) is 17.1 Å². The molecule has 2 unspecified atom stereocenters. The molecule has 1 aliphatic rings. The van der Waals surface area contributed by atoms with Gasteiger partial charge in [0.2, 0.25) is 0 Å². The van der Waals surface area contributed by atoms with Crippen molar-refractivity contribution in [3.63, 3.8) is 0 Å².